The molecule has 0 aliphatic heterocycles. The fraction of sp³-hybridized carbons (Fsp3) is 0.231. The number of benzene rings is 1. The quantitative estimate of drug-likeness (QED) is 0.802. The first-order valence-electron chi connectivity index (χ1n) is 5.89. The first kappa shape index (κ1) is 13.4. The highest BCUT2D eigenvalue weighted by molar-refractivity contribution is 7.09. The highest BCUT2D eigenvalue weighted by Crippen LogP contribution is 2.25. The number of primary amides is 1. The highest BCUT2D eigenvalue weighted by atomic mass is 32.1. The summed E-state index contributed by atoms with van der Waals surface area (Å²) in [5, 5.41) is 5.92. The third-order valence-corrected chi connectivity index (χ3v) is 3.83. The van der Waals surface area contributed by atoms with Gasteiger partial charge in [0, 0.05) is 16.3 Å². The second kappa shape index (κ2) is 5.71. The predicted octanol–water partition coefficient (Wildman–Crippen LogP) is 3.12. The SMILES string of the molecule is Cc1ncsc1C(C)Nc1ccc(NC(N)=O)cc1. The van der Waals surface area contributed by atoms with Gasteiger partial charge in [-0.1, -0.05) is 0 Å². The van der Waals surface area contributed by atoms with Crippen LogP contribution in [0.3, 0.4) is 0 Å². The lowest BCUT2D eigenvalue weighted by Crippen LogP contribution is -2.19. The zero-order valence-electron chi connectivity index (χ0n) is 10.8. The van der Waals surface area contributed by atoms with E-state index < -0.39 is 6.03 Å². The average molecular weight is 276 g/mol. The zero-order valence-corrected chi connectivity index (χ0v) is 11.6. The maximum atomic E-state index is 10.7. The summed E-state index contributed by atoms with van der Waals surface area (Å²) in [6, 6.07) is 7.05. The van der Waals surface area contributed by atoms with Crippen molar-refractivity contribution in [2.24, 2.45) is 5.73 Å². The Labute approximate surface area is 115 Å². The van der Waals surface area contributed by atoms with Crippen LogP contribution in [0.15, 0.2) is 29.8 Å². The Kier molecular flexibility index (Phi) is 4.01. The van der Waals surface area contributed by atoms with Crippen molar-refractivity contribution in [1.29, 1.82) is 0 Å². The van der Waals surface area contributed by atoms with E-state index >= 15 is 0 Å². The third kappa shape index (κ3) is 3.45. The zero-order chi connectivity index (χ0) is 13.8. The van der Waals surface area contributed by atoms with Crippen molar-refractivity contribution in [3.8, 4) is 0 Å². The van der Waals surface area contributed by atoms with Crippen LogP contribution in [0.5, 0.6) is 0 Å². The third-order valence-electron chi connectivity index (χ3n) is 2.71. The molecule has 0 aliphatic rings. The summed E-state index contributed by atoms with van der Waals surface area (Å²) < 4.78 is 0. The van der Waals surface area contributed by atoms with Gasteiger partial charge < -0.3 is 16.4 Å². The van der Waals surface area contributed by atoms with Crippen LogP contribution in [0, 0.1) is 6.92 Å². The van der Waals surface area contributed by atoms with E-state index in [2.05, 4.69) is 22.5 Å². The van der Waals surface area contributed by atoms with E-state index in [1.54, 1.807) is 23.5 Å². The molecule has 100 valence electrons. The fourth-order valence-corrected chi connectivity index (χ4v) is 2.64. The summed E-state index contributed by atoms with van der Waals surface area (Å²) in [7, 11) is 0. The Morgan fingerprint density at radius 3 is 2.47 bits per heavy atom. The molecule has 6 heteroatoms. The van der Waals surface area contributed by atoms with E-state index in [-0.39, 0.29) is 6.04 Å². The molecule has 5 nitrogen and oxygen atoms in total. The Hall–Kier alpha value is -2.08. The van der Waals surface area contributed by atoms with Gasteiger partial charge in [-0.25, -0.2) is 9.78 Å². The van der Waals surface area contributed by atoms with Gasteiger partial charge in [-0.2, -0.15) is 0 Å². The molecule has 0 fully saturated rings. The van der Waals surface area contributed by atoms with Crippen LogP contribution in [0.2, 0.25) is 0 Å². The summed E-state index contributed by atoms with van der Waals surface area (Å²) in [6.07, 6.45) is 0. The Balaban J connectivity index is 2.03. The van der Waals surface area contributed by atoms with Crippen molar-refractivity contribution in [3.05, 3.63) is 40.3 Å². The maximum Gasteiger partial charge on any atom is 0.316 e. The van der Waals surface area contributed by atoms with Crippen LogP contribution in [0.25, 0.3) is 0 Å². The van der Waals surface area contributed by atoms with Gasteiger partial charge >= 0.3 is 6.03 Å². The minimum atomic E-state index is -0.561. The molecule has 2 rings (SSSR count). The van der Waals surface area contributed by atoms with Gasteiger partial charge in [-0.05, 0) is 38.1 Å². The molecule has 0 spiro atoms. The number of carbonyl (C=O) groups excluding carboxylic acids is 1. The highest BCUT2D eigenvalue weighted by Gasteiger charge is 2.10. The fourth-order valence-electron chi connectivity index (χ4n) is 1.83. The molecule has 0 bridgehead atoms. The molecular formula is C13H16N4OS. The van der Waals surface area contributed by atoms with Crippen molar-refractivity contribution >= 4 is 28.7 Å². The summed E-state index contributed by atoms with van der Waals surface area (Å²) in [6.45, 7) is 4.10. The van der Waals surface area contributed by atoms with Crippen molar-refractivity contribution < 1.29 is 4.79 Å². The molecule has 1 aromatic heterocycles. The molecule has 2 amide bonds. The lowest BCUT2D eigenvalue weighted by atomic mass is 10.2. The number of rotatable bonds is 4. The number of nitrogens with one attached hydrogen (secondary N) is 2. The van der Waals surface area contributed by atoms with Crippen LogP contribution in [-0.2, 0) is 0 Å². The molecule has 1 unspecified atom stereocenters. The molecule has 1 aromatic carbocycles. The van der Waals surface area contributed by atoms with Gasteiger partial charge in [-0.15, -0.1) is 11.3 Å². The molecule has 0 saturated heterocycles. The number of aromatic nitrogens is 1. The molecule has 0 aliphatic carbocycles. The molecule has 0 radical (unpaired) electrons. The minimum Gasteiger partial charge on any atom is -0.378 e. The van der Waals surface area contributed by atoms with Crippen LogP contribution in [0.4, 0.5) is 16.2 Å². The number of hydrogen-bond acceptors (Lipinski definition) is 4. The standard InChI is InChI=1S/C13H16N4OS/c1-8-12(19-7-15-8)9(2)16-10-3-5-11(6-4-10)17-13(14)18/h3-7,9,16H,1-2H3,(H3,14,17,18). The van der Waals surface area contributed by atoms with Gasteiger partial charge in [0.25, 0.3) is 0 Å². The first-order chi connectivity index (χ1) is 9.06. The number of carbonyl (C=O) groups is 1. The molecule has 19 heavy (non-hydrogen) atoms. The van der Waals surface area contributed by atoms with E-state index in [0.29, 0.717) is 5.69 Å². The molecule has 0 saturated carbocycles. The monoisotopic (exact) mass is 276 g/mol. The van der Waals surface area contributed by atoms with E-state index in [1.807, 2.05) is 24.6 Å². The van der Waals surface area contributed by atoms with E-state index in [9.17, 15) is 4.79 Å². The summed E-state index contributed by atoms with van der Waals surface area (Å²) in [5.74, 6) is 0. The Morgan fingerprint density at radius 2 is 1.95 bits per heavy atom. The van der Waals surface area contributed by atoms with Gasteiger partial charge in [0.1, 0.15) is 0 Å². The van der Waals surface area contributed by atoms with Crippen LogP contribution < -0.4 is 16.4 Å². The van der Waals surface area contributed by atoms with Crippen molar-refractivity contribution in [1.82, 2.24) is 4.98 Å². The molecule has 4 N–H and O–H groups in total. The average Bonchev–Trinajstić information content (AvgIpc) is 2.77. The summed E-state index contributed by atoms with van der Waals surface area (Å²) in [5.41, 5.74) is 9.62. The molecule has 1 heterocycles. The number of nitrogens with two attached hydrogens (primary N) is 1. The Morgan fingerprint density at radius 1 is 1.32 bits per heavy atom. The first-order valence-corrected chi connectivity index (χ1v) is 6.77. The smallest absolute Gasteiger partial charge is 0.316 e. The van der Waals surface area contributed by atoms with Crippen LogP contribution >= 0.6 is 11.3 Å². The van der Waals surface area contributed by atoms with E-state index in [1.165, 1.54) is 4.88 Å². The lowest BCUT2D eigenvalue weighted by Gasteiger charge is -2.14. The van der Waals surface area contributed by atoms with Gasteiger partial charge in [-0.3, -0.25) is 0 Å². The van der Waals surface area contributed by atoms with Crippen molar-refractivity contribution in [2.45, 2.75) is 19.9 Å². The normalized spacial score (nSPS) is 11.9. The number of urea groups is 1. The summed E-state index contributed by atoms with van der Waals surface area (Å²) in [4.78, 5) is 16.2. The van der Waals surface area contributed by atoms with Gasteiger partial charge in [0.05, 0.1) is 17.2 Å². The molecule has 1 atom stereocenters. The lowest BCUT2D eigenvalue weighted by molar-refractivity contribution is 0.259. The van der Waals surface area contributed by atoms with E-state index in [4.69, 9.17) is 5.73 Å². The largest absolute Gasteiger partial charge is 0.378 e. The number of amides is 2. The Bertz CT molecular complexity index is 564. The van der Waals surface area contributed by atoms with Crippen LogP contribution in [0.1, 0.15) is 23.5 Å². The second-order valence-corrected chi connectivity index (χ2v) is 5.12. The van der Waals surface area contributed by atoms with Gasteiger partial charge in [0.15, 0.2) is 0 Å². The number of aryl methyl sites for hydroxylation is 1. The van der Waals surface area contributed by atoms with Crippen molar-refractivity contribution in [2.75, 3.05) is 10.6 Å². The van der Waals surface area contributed by atoms with Crippen LogP contribution in [-0.4, -0.2) is 11.0 Å². The number of hydrogen-bond donors (Lipinski definition) is 3. The maximum absolute atomic E-state index is 10.7. The van der Waals surface area contributed by atoms with Gasteiger partial charge in [0.2, 0.25) is 0 Å². The second-order valence-electron chi connectivity index (χ2n) is 4.23. The summed E-state index contributed by atoms with van der Waals surface area (Å²) >= 11 is 1.64. The predicted molar refractivity (Wildman–Crippen MR) is 78.5 cm³/mol. The molecule has 2 aromatic rings. The number of nitrogens with zero attached hydrogens (tertiary/aromatic N) is 1. The number of anilines is 2. The molecular weight excluding hydrogens is 260 g/mol. The van der Waals surface area contributed by atoms with E-state index in [0.717, 1.165) is 11.4 Å². The van der Waals surface area contributed by atoms with Crippen molar-refractivity contribution in [3.63, 3.8) is 0 Å². The number of thiazole rings is 1. The minimum absolute atomic E-state index is 0.197. The topological polar surface area (TPSA) is 80.0 Å².